The summed E-state index contributed by atoms with van der Waals surface area (Å²) in [5.74, 6) is -1.38. The number of rotatable bonds is 7. The third kappa shape index (κ3) is 3.76. The van der Waals surface area contributed by atoms with Gasteiger partial charge in [-0.05, 0) is 36.2 Å². The van der Waals surface area contributed by atoms with Crippen LogP contribution in [0.2, 0.25) is 0 Å². The molecule has 0 aromatic heterocycles. The molecule has 2 aromatic carbocycles. The molecule has 0 aliphatic carbocycles. The first-order valence-corrected chi connectivity index (χ1v) is 9.29. The average Bonchev–Trinajstić information content (AvgIpc) is 2.98. The van der Waals surface area contributed by atoms with Crippen LogP contribution in [-0.2, 0) is 15.1 Å². The molecule has 29 heavy (non-hydrogen) atoms. The molecule has 4 amide bonds. The Kier molecular flexibility index (Phi) is 5.77. The number of urea groups is 1. The minimum Gasteiger partial charge on any atom is -0.319 e. The number of hydrogen-bond donors (Lipinski definition) is 1. The first kappa shape index (κ1) is 20.3. The predicted octanol–water partition coefficient (Wildman–Crippen LogP) is 3.20. The molecular weight excluding hydrogens is 373 g/mol. The zero-order valence-corrected chi connectivity index (χ0v) is 16.1. The van der Waals surface area contributed by atoms with E-state index in [1.807, 2.05) is 6.07 Å². The third-order valence-corrected chi connectivity index (χ3v) is 5.02. The lowest BCUT2D eigenvalue weighted by atomic mass is 9.87. The van der Waals surface area contributed by atoms with Crippen LogP contribution >= 0.6 is 0 Å². The van der Waals surface area contributed by atoms with E-state index in [2.05, 4.69) is 11.9 Å². The maximum atomic E-state index is 13.3. The number of hydrogen-bond acceptors (Lipinski definition) is 3. The smallest absolute Gasteiger partial charge is 0.319 e. The van der Waals surface area contributed by atoms with Gasteiger partial charge in [0.15, 0.2) is 0 Å². The zero-order valence-electron chi connectivity index (χ0n) is 16.1. The summed E-state index contributed by atoms with van der Waals surface area (Å²) >= 11 is 0. The SMILES string of the molecule is C=CCN(C(=O)CN1C(=O)NC(CC)(c2ccc(F)cc2)C1=O)c1ccccc1. The van der Waals surface area contributed by atoms with Crippen molar-refractivity contribution in [3.63, 3.8) is 0 Å². The number of halogens is 1. The average molecular weight is 395 g/mol. The standard InChI is InChI=1S/C22H22FN3O3/c1-3-14-25(18-8-6-5-7-9-18)19(27)15-26-20(28)22(4-2,24-21(26)29)16-10-12-17(23)13-11-16/h3,5-13H,1,4,14-15H2,2H3,(H,24,29). The van der Waals surface area contributed by atoms with Gasteiger partial charge in [-0.1, -0.05) is 43.3 Å². The van der Waals surface area contributed by atoms with Gasteiger partial charge in [0.05, 0.1) is 0 Å². The Morgan fingerprint density at radius 2 is 1.83 bits per heavy atom. The molecule has 1 aliphatic heterocycles. The Bertz CT molecular complexity index is 930. The lowest BCUT2D eigenvalue weighted by Crippen LogP contribution is -2.45. The van der Waals surface area contributed by atoms with Gasteiger partial charge in [-0.25, -0.2) is 9.18 Å². The Morgan fingerprint density at radius 3 is 2.41 bits per heavy atom. The van der Waals surface area contributed by atoms with Gasteiger partial charge in [0.1, 0.15) is 17.9 Å². The maximum absolute atomic E-state index is 13.3. The molecule has 1 N–H and O–H groups in total. The normalized spacial score (nSPS) is 18.5. The number of carbonyl (C=O) groups excluding carboxylic acids is 3. The van der Waals surface area contributed by atoms with Gasteiger partial charge in [0, 0.05) is 12.2 Å². The van der Waals surface area contributed by atoms with Gasteiger partial charge >= 0.3 is 6.03 Å². The van der Waals surface area contributed by atoms with E-state index in [1.54, 1.807) is 37.3 Å². The molecule has 6 nitrogen and oxygen atoms in total. The zero-order chi connectivity index (χ0) is 21.0. The lowest BCUT2D eigenvalue weighted by Gasteiger charge is -2.26. The van der Waals surface area contributed by atoms with E-state index in [0.717, 1.165) is 4.90 Å². The minimum atomic E-state index is -1.32. The predicted molar refractivity (Wildman–Crippen MR) is 108 cm³/mol. The van der Waals surface area contributed by atoms with Crippen molar-refractivity contribution in [3.8, 4) is 0 Å². The number of amides is 4. The van der Waals surface area contributed by atoms with Crippen molar-refractivity contribution in [2.75, 3.05) is 18.0 Å². The number of anilines is 1. The van der Waals surface area contributed by atoms with E-state index in [0.29, 0.717) is 11.3 Å². The van der Waals surface area contributed by atoms with Crippen LogP contribution in [0.25, 0.3) is 0 Å². The molecule has 150 valence electrons. The molecule has 2 aromatic rings. The van der Waals surface area contributed by atoms with Crippen molar-refractivity contribution >= 4 is 23.5 Å². The van der Waals surface area contributed by atoms with E-state index < -0.39 is 35.7 Å². The van der Waals surface area contributed by atoms with Crippen LogP contribution in [0.1, 0.15) is 18.9 Å². The van der Waals surface area contributed by atoms with Crippen molar-refractivity contribution in [2.45, 2.75) is 18.9 Å². The summed E-state index contributed by atoms with van der Waals surface area (Å²) in [5.41, 5.74) is -0.202. The van der Waals surface area contributed by atoms with Crippen LogP contribution < -0.4 is 10.2 Å². The van der Waals surface area contributed by atoms with Crippen molar-refractivity contribution in [3.05, 3.63) is 78.6 Å². The number of imide groups is 1. The molecule has 1 aliphatic rings. The number of para-hydroxylation sites is 1. The van der Waals surface area contributed by atoms with Crippen LogP contribution in [0, 0.1) is 5.82 Å². The highest BCUT2D eigenvalue weighted by Gasteiger charge is 2.51. The van der Waals surface area contributed by atoms with Crippen LogP contribution in [-0.4, -0.2) is 35.8 Å². The third-order valence-electron chi connectivity index (χ3n) is 5.02. The summed E-state index contributed by atoms with van der Waals surface area (Å²) in [6.07, 6.45) is 1.84. The van der Waals surface area contributed by atoms with Crippen LogP contribution in [0.3, 0.4) is 0 Å². The first-order valence-electron chi connectivity index (χ1n) is 9.29. The topological polar surface area (TPSA) is 69.7 Å². The number of nitrogens with zero attached hydrogens (tertiary/aromatic N) is 2. The second kappa shape index (κ2) is 8.26. The summed E-state index contributed by atoms with van der Waals surface area (Å²) < 4.78 is 13.3. The quantitative estimate of drug-likeness (QED) is 0.578. The molecule has 0 radical (unpaired) electrons. The highest BCUT2D eigenvalue weighted by atomic mass is 19.1. The number of carbonyl (C=O) groups is 3. The van der Waals surface area contributed by atoms with E-state index >= 15 is 0 Å². The molecule has 3 rings (SSSR count). The minimum absolute atomic E-state index is 0.239. The van der Waals surface area contributed by atoms with Gasteiger partial charge in [-0.15, -0.1) is 6.58 Å². The summed E-state index contributed by atoms with van der Waals surface area (Å²) in [7, 11) is 0. The van der Waals surface area contributed by atoms with Crippen molar-refractivity contribution in [2.24, 2.45) is 0 Å². The van der Waals surface area contributed by atoms with Crippen LogP contribution in [0.4, 0.5) is 14.9 Å². The Labute approximate surface area is 168 Å². The number of nitrogens with one attached hydrogen (secondary N) is 1. The van der Waals surface area contributed by atoms with Crippen molar-refractivity contribution in [1.29, 1.82) is 0 Å². The number of benzene rings is 2. The fourth-order valence-corrected chi connectivity index (χ4v) is 3.45. The lowest BCUT2D eigenvalue weighted by molar-refractivity contribution is -0.134. The van der Waals surface area contributed by atoms with Crippen LogP contribution in [0.5, 0.6) is 0 Å². The summed E-state index contributed by atoms with van der Waals surface area (Å²) in [4.78, 5) is 41.0. The Morgan fingerprint density at radius 1 is 1.17 bits per heavy atom. The molecule has 0 bridgehead atoms. The van der Waals surface area contributed by atoms with Gasteiger partial charge in [-0.3, -0.25) is 14.5 Å². The van der Waals surface area contributed by atoms with Crippen LogP contribution in [0.15, 0.2) is 67.3 Å². The summed E-state index contributed by atoms with van der Waals surface area (Å²) in [6.45, 7) is 5.25. The molecule has 1 heterocycles. The summed E-state index contributed by atoms with van der Waals surface area (Å²) in [6, 6.07) is 13.7. The molecule has 1 atom stereocenters. The van der Waals surface area contributed by atoms with E-state index in [-0.39, 0.29) is 13.0 Å². The fraction of sp³-hybridized carbons (Fsp3) is 0.227. The second-order valence-corrected chi connectivity index (χ2v) is 6.72. The largest absolute Gasteiger partial charge is 0.325 e. The fourth-order valence-electron chi connectivity index (χ4n) is 3.45. The molecule has 7 heteroatoms. The van der Waals surface area contributed by atoms with E-state index in [1.165, 1.54) is 29.2 Å². The highest BCUT2D eigenvalue weighted by Crippen LogP contribution is 2.32. The van der Waals surface area contributed by atoms with E-state index in [9.17, 15) is 18.8 Å². The molecule has 0 saturated carbocycles. The molecular formula is C22H22FN3O3. The van der Waals surface area contributed by atoms with Crippen molar-refractivity contribution in [1.82, 2.24) is 10.2 Å². The van der Waals surface area contributed by atoms with Gasteiger partial charge in [0.2, 0.25) is 5.91 Å². The molecule has 1 fully saturated rings. The van der Waals surface area contributed by atoms with E-state index in [4.69, 9.17) is 0 Å². The van der Waals surface area contributed by atoms with Gasteiger partial charge in [-0.2, -0.15) is 0 Å². The highest BCUT2D eigenvalue weighted by molar-refractivity contribution is 6.10. The molecule has 1 saturated heterocycles. The van der Waals surface area contributed by atoms with Crippen molar-refractivity contribution < 1.29 is 18.8 Å². The molecule has 0 spiro atoms. The maximum Gasteiger partial charge on any atom is 0.325 e. The first-order chi connectivity index (χ1) is 13.9. The van der Waals surface area contributed by atoms with Gasteiger partial charge in [0.25, 0.3) is 5.91 Å². The Balaban J connectivity index is 1.86. The summed E-state index contributed by atoms with van der Waals surface area (Å²) in [5, 5.41) is 2.69. The monoisotopic (exact) mass is 395 g/mol. The second-order valence-electron chi connectivity index (χ2n) is 6.72. The van der Waals surface area contributed by atoms with Gasteiger partial charge < -0.3 is 10.2 Å². The molecule has 1 unspecified atom stereocenters. The Hall–Kier alpha value is -3.48.